The SMILES string of the molecule is CCC12CCN(C)[C@H](C(=O)c3ccc(OC)cc31)[C@@H]2C. The van der Waals surface area contributed by atoms with Crippen LogP contribution >= 0.6 is 0 Å². The number of ether oxygens (including phenoxy) is 1. The lowest BCUT2D eigenvalue weighted by Crippen LogP contribution is -2.60. The lowest BCUT2D eigenvalue weighted by atomic mass is 9.56. The van der Waals surface area contributed by atoms with Gasteiger partial charge < -0.3 is 4.74 Å². The largest absolute Gasteiger partial charge is 0.497 e. The molecule has 1 unspecified atom stereocenters. The minimum atomic E-state index is 0.0320. The fourth-order valence-corrected chi connectivity index (χ4v) is 4.36. The Morgan fingerprint density at radius 1 is 1.45 bits per heavy atom. The summed E-state index contributed by atoms with van der Waals surface area (Å²) in [5.41, 5.74) is 2.23. The summed E-state index contributed by atoms with van der Waals surface area (Å²) < 4.78 is 5.38. The first-order valence-electron chi connectivity index (χ1n) is 7.48. The van der Waals surface area contributed by atoms with Crippen LogP contribution in [0.5, 0.6) is 5.75 Å². The van der Waals surface area contributed by atoms with Crippen LogP contribution in [0.4, 0.5) is 0 Å². The number of carbonyl (C=O) groups excluding carboxylic acids is 1. The number of Topliss-reactive ketones (excluding diaryl/α,β-unsaturated/α-hetero) is 1. The molecule has 2 aliphatic rings. The zero-order chi connectivity index (χ0) is 14.5. The second-order valence-corrected chi connectivity index (χ2v) is 6.25. The van der Waals surface area contributed by atoms with Crippen molar-refractivity contribution in [2.45, 2.75) is 38.1 Å². The van der Waals surface area contributed by atoms with E-state index >= 15 is 0 Å². The van der Waals surface area contributed by atoms with Gasteiger partial charge in [0.05, 0.1) is 13.2 Å². The van der Waals surface area contributed by atoms with Crippen molar-refractivity contribution in [3.8, 4) is 5.75 Å². The van der Waals surface area contributed by atoms with Gasteiger partial charge in [0.25, 0.3) is 0 Å². The maximum Gasteiger partial charge on any atom is 0.180 e. The first-order chi connectivity index (χ1) is 9.55. The number of hydrogen-bond donors (Lipinski definition) is 0. The average Bonchev–Trinajstić information content (AvgIpc) is 2.46. The number of ketones is 1. The molecule has 0 aromatic heterocycles. The van der Waals surface area contributed by atoms with Gasteiger partial charge in [-0.2, -0.15) is 0 Å². The van der Waals surface area contributed by atoms with Crippen LogP contribution in [0.15, 0.2) is 18.2 Å². The van der Waals surface area contributed by atoms with Crippen LogP contribution in [0.3, 0.4) is 0 Å². The van der Waals surface area contributed by atoms with Gasteiger partial charge in [0, 0.05) is 11.0 Å². The number of nitrogens with zero attached hydrogens (tertiary/aromatic N) is 1. The molecular formula is C17H23NO2. The van der Waals surface area contributed by atoms with Crippen LogP contribution in [0.25, 0.3) is 0 Å². The van der Waals surface area contributed by atoms with Gasteiger partial charge in [-0.15, -0.1) is 0 Å². The maximum absolute atomic E-state index is 12.8. The van der Waals surface area contributed by atoms with E-state index in [1.54, 1.807) is 7.11 Å². The smallest absolute Gasteiger partial charge is 0.180 e. The summed E-state index contributed by atoms with van der Waals surface area (Å²) in [6.45, 7) is 5.48. The third-order valence-corrected chi connectivity index (χ3v) is 5.66. The molecule has 1 aliphatic carbocycles. The third-order valence-electron chi connectivity index (χ3n) is 5.66. The molecule has 3 atom stereocenters. The number of hydrogen-bond acceptors (Lipinski definition) is 3. The minimum Gasteiger partial charge on any atom is -0.497 e. The highest BCUT2D eigenvalue weighted by Gasteiger charge is 2.53. The molecule has 1 aliphatic heterocycles. The van der Waals surface area contributed by atoms with Gasteiger partial charge in [-0.1, -0.05) is 13.8 Å². The Morgan fingerprint density at radius 2 is 2.20 bits per heavy atom. The van der Waals surface area contributed by atoms with Crippen molar-refractivity contribution < 1.29 is 9.53 Å². The molecule has 0 N–H and O–H groups in total. The standard InChI is InChI=1S/C17H23NO2/c1-5-17-8-9-18(3)15(11(17)2)16(19)13-7-6-12(20-4)10-14(13)17/h6-7,10-11,15H,5,8-9H2,1-4H3/t11-,15-,17?/m0/s1. The first-order valence-corrected chi connectivity index (χ1v) is 7.48. The molecule has 0 saturated carbocycles. The zero-order valence-electron chi connectivity index (χ0n) is 12.8. The number of likely N-dealkylation sites (N-methyl/N-ethyl adjacent to an activating group) is 1. The molecular weight excluding hydrogens is 250 g/mol. The number of likely N-dealkylation sites (tertiary alicyclic amines) is 1. The summed E-state index contributed by atoms with van der Waals surface area (Å²) in [6, 6.07) is 5.99. The van der Waals surface area contributed by atoms with Gasteiger partial charge in [-0.05, 0) is 56.1 Å². The summed E-state index contributed by atoms with van der Waals surface area (Å²) >= 11 is 0. The van der Waals surface area contributed by atoms with Crippen molar-refractivity contribution in [3.05, 3.63) is 29.3 Å². The Kier molecular flexibility index (Phi) is 3.13. The van der Waals surface area contributed by atoms with E-state index in [0.717, 1.165) is 30.7 Å². The molecule has 3 heteroatoms. The van der Waals surface area contributed by atoms with Crippen molar-refractivity contribution in [1.29, 1.82) is 0 Å². The van der Waals surface area contributed by atoms with Gasteiger partial charge in [0.1, 0.15) is 5.75 Å². The van der Waals surface area contributed by atoms with Gasteiger partial charge in [-0.25, -0.2) is 0 Å². The summed E-state index contributed by atoms with van der Waals surface area (Å²) in [6.07, 6.45) is 2.19. The predicted octanol–water partition coefficient (Wildman–Crippen LogP) is 2.88. The molecule has 1 fully saturated rings. The van der Waals surface area contributed by atoms with Crippen molar-refractivity contribution in [2.24, 2.45) is 5.92 Å². The zero-order valence-corrected chi connectivity index (χ0v) is 12.8. The number of carbonyl (C=O) groups is 1. The van der Waals surface area contributed by atoms with E-state index in [1.165, 1.54) is 5.56 Å². The fourth-order valence-electron chi connectivity index (χ4n) is 4.36. The van der Waals surface area contributed by atoms with E-state index < -0.39 is 0 Å². The quantitative estimate of drug-likeness (QED) is 0.830. The maximum atomic E-state index is 12.8. The van der Waals surface area contributed by atoms with Gasteiger partial charge >= 0.3 is 0 Å². The molecule has 1 aromatic rings. The molecule has 1 saturated heterocycles. The minimum absolute atomic E-state index is 0.0320. The van der Waals surface area contributed by atoms with E-state index in [4.69, 9.17) is 4.74 Å². The lowest BCUT2D eigenvalue weighted by Gasteiger charge is -2.54. The second-order valence-electron chi connectivity index (χ2n) is 6.25. The van der Waals surface area contributed by atoms with Crippen LogP contribution in [0.2, 0.25) is 0 Å². The molecule has 0 amide bonds. The first kappa shape index (κ1) is 13.6. The molecule has 20 heavy (non-hydrogen) atoms. The number of rotatable bonds is 2. The Morgan fingerprint density at radius 3 is 2.85 bits per heavy atom. The number of fused-ring (bicyclic) bond motifs is 4. The highest BCUT2D eigenvalue weighted by Crippen LogP contribution is 2.51. The van der Waals surface area contributed by atoms with Crippen molar-refractivity contribution >= 4 is 5.78 Å². The number of piperidine rings is 1. The van der Waals surface area contributed by atoms with E-state index in [1.807, 2.05) is 12.1 Å². The summed E-state index contributed by atoms with van der Waals surface area (Å²) in [7, 11) is 3.76. The average molecular weight is 273 g/mol. The Labute approximate surface area is 120 Å². The van der Waals surface area contributed by atoms with Crippen LogP contribution < -0.4 is 4.74 Å². The van der Waals surface area contributed by atoms with Gasteiger partial charge in [-0.3, -0.25) is 9.69 Å². The van der Waals surface area contributed by atoms with E-state index in [9.17, 15) is 4.79 Å². The Hall–Kier alpha value is -1.35. The van der Waals surface area contributed by atoms with Crippen LogP contribution in [0.1, 0.15) is 42.6 Å². The monoisotopic (exact) mass is 273 g/mol. The second kappa shape index (κ2) is 4.59. The summed E-state index contributed by atoms with van der Waals surface area (Å²) in [5.74, 6) is 1.49. The molecule has 0 spiro atoms. The normalized spacial score (nSPS) is 32.9. The number of benzene rings is 1. The van der Waals surface area contributed by atoms with Crippen molar-refractivity contribution in [2.75, 3.05) is 20.7 Å². The molecule has 3 nitrogen and oxygen atoms in total. The Bertz CT molecular complexity index is 554. The topological polar surface area (TPSA) is 29.5 Å². The molecule has 1 aromatic carbocycles. The van der Waals surface area contributed by atoms with Crippen molar-refractivity contribution in [1.82, 2.24) is 4.90 Å². The lowest BCUT2D eigenvalue weighted by molar-refractivity contribution is 0.0329. The van der Waals surface area contributed by atoms with E-state index in [-0.39, 0.29) is 17.2 Å². The fraction of sp³-hybridized carbons (Fsp3) is 0.588. The van der Waals surface area contributed by atoms with E-state index in [0.29, 0.717) is 5.92 Å². The summed E-state index contributed by atoms with van der Waals surface area (Å²) in [5, 5.41) is 0. The van der Waals surface area contributed by atoms with E-state index in [2.05, 4.69) is 31.9 Å². The summed E-state index contributed by atoms with van der Waals surface area (Å²) in [4.78, 5) is 15.1. The Balaban J connectivity index is 2.24. The predicted molar refractivity (Wildman–Crippen MR) is 79.5 cm³/mol. The van der Waals surface area contributed by atoms with Crippen LogP contribution in [0, 0.1) is 5.92 Å². The van der Waals surface area contributed by atoms with Crippen LogP contribution in [-0.4, -0.2) is 37.4 Å². The van der Waals surface area contributed by atoms with Crippen LogP contribution in [-0.2, 0) is 5.41 Å². The molecule has 2 bridgehead atoms. The van der Waals surface area contributed by atoms with Gasteiger partial charge in [0.2, 0.25) is 0 Å². The highest BCUT2D eigenvalue weighted by molar-refractivity contribution is 6.03. The van der Waals surface area contributed by atoms with Crippen molar-refractivity contribution in [3.63, 3.8) is 0 Å². The van der Waals surface area contributed by atoms with Gasteiger partial charge in [0.15, 0.2) is 5.78 Å². The molecule has 0 radical (unpaired) electrons. The third kappa shape index (κ3) is 1.59. The molecule has 3 rings (SSSR count). The number of methoxy groups -OCH3 is 1. The highest BCUT2D eigenvalue weighted by atomic mass is 16.5. The molecule has 108 valence electrons. The molecule has 1 heterocycles.